The zero-order valence-electron chi connectivity index (χ0n) is 16.3. The fourth-order valence-electron chi connectivity index (χ4n) is 3.58. The summed E-state index contributed by atoms with van der Waals surface area (Å²) in [7, 11) is 0. The summed E-state index contributed by atoms with van der Waals surface area (Å²) >= 11 is 6.39. The number of rotatable bonds is 6. The molecule has 9 nitrogen and oxygen atoms in total. The summed E-state index contributed by atoms with van der Waals surface area (Å²) in [5.41, 5.74) is 13.4. The number of nitrogens with one attached hydrogen (secondary N) is 2. The smallest absolute Gasteiger partial charge is 0.252 e. The third-order valence-corrected chi connectivity index (χ3v) is 5.43. The van der Waals surface area contributed by atoms with Gasteiger partial charge in [0.15, 0.2) is 0 Å². The van der Waals surface area contributed by atoms with Gasteiger partial charge in [0.1, 0.15) is 11.6 Å². The van der Waals surface area contributed by atoms with Crippen LogP contribution in [-0.4, -0.2) is 38.0 Å². The number of anilines is 3. The topological polar surface area (TPSA) is 137 Å². The number of nitrogens with zero attached hydrogens (tertiary/aromatic N) is 4. The minimum absolute atomic E-state index is 0.0297. The van der Waals surface area contributed by atoms with Crippen LogP contribution in [0.25, 0.3) is 5.69 Å². The van der Waals surface area contributed by atoms with Gasteiger partial charge in [-0.1, -0.05) is 30.5 Å². The Morgan fingerprint density at radius 1 is 1.13 bits per heavy atom. The molecule has 0 aliphatic heterocycles. The van der Waals surface area contributed by atoms with Crippen LogP contribution in [0.4, 0.5) is 17.3 Å². The Balaban J connectivity index is 1.64. The normalized spacial score (nSPS) is 18.7. The number of hydrogen-bond acceptors (Lipinski definition) is 7. The number of benzene rings is 1. The Bertz CT molecular complexity index is 1040. The number of halogens is 1. The molecule has 1 amide bonds. The van der Waals surface area contributed by atoms with Gasteiger partial charge in [-0.05, 0) is 37.1 Å². The number of nitrogens with two attached hydrogens (primary N) is 2. The number of carbonyl (C=O) groups excluding carboxylic acids is 1. The number of hydrogen-bond donors (Lipinski definition) is 4. The first kappa shape index (κ1) is 20.1. The van der Waals surface area contributed by atoms with Gasteiger partial charge in [-0.3, -0.25) is 4.79 Å². The van der Waals surface area contributed by atoms with Crippen LogP contribution in [0.5, 0.6) is 0 Å². The third-order valence-electron chi connectivity index (χ3n) is 5.14. The summed E-state index contributed by atoms with van der Waals surface area (Å²) in [6, 6.07) is 9.03. The predicted molar refractivity (Wildman–Crippen MR) is 116 cm³/mol. The monoisotopic (exact) mass is 426 g/mol. The lowest BCUT2D eigenvalue weighted by molar-refractivity contribution is 0.100. The molecule has 0 bridgehead atoms. The van der Waals surface area contributed by atoms with Gasteiger partial charge in [0.05, 0.1) is 28.7 Å². The lowest BCUT2D eigenvalue weighted by Crippen LogP contribution is -2.42. The average Bonchev–Trinajstić information content (AvgIpc) is 3.27. The Morgan fingerprint density at radius 3 is 2.63 bits per heavy atom. The highest BCUT2D eigenvalue weighted by molar-refractivity contribution is 6.33. The molecule has 156 valence electrons. The minimum atomic E-state index is -0.627. The summed E-state index contributed by atoms with van der Waals surface area (Å²) in [6.07, 6.45) is 7.31. The van der Waals surface area contributed by atoms with E-state index in [4.69, 9.17) is 23.1 Å². The average molecular weight is 427 g/mol. The van der Waals surface area contributed by atoms with Crippen LogP contribution in [0.2, 0.25) is 5.02 Å². The zero-order valence-corrected chi connectivity index (χ0v) is 17.0. The Kier molecular flexibility index (Phi) is 5.82. The molecule has 4 rings (SSSR count). The Morgan fingerprint density at radius 2 is 1.90 bits per heavy atom. The van der Waals surface area contributed by atoms with Crippen LogP contribution in [0.3, 0.4) is 0 Å². The van der Waals surface area contributed by atoms with Gasteiger partial charge in [-0.25, -0.2) is 4.98 Å². The molecule has 1 fully saturated rings. The SMILES string of the molecule is NC(=O)c1cc(Cl)c(N[C@@H]2CCCC[C@@H]2N)nc1Nc1cccc(-n2nccn2)c1. The summed E-state index contributed by atoms with van der Waals surface area (Å²) < 4.78 is 0. The van der Waals surface area contributed by atoms with Crippen LogP contribution in [0.15, 0.2) is 42.7 Å². The minimum Gasteiger partial charge on any atom is -0.365 e. The highest BCUT2D eigenvalue weighted by Crippen LogP contribution is 2.30. The highest BCUT2D eigenvalue weighted by atomic mass is 35.5. The van der Waals surface area contributed by atoms with Gasteiger partial charge in [0.25, 0.3) is 5.91 Å². The van der Waals surface area contributed by atoms with Gasteiger partial charge in [0, 0.05) is 17.8 Å². The molecule has 1 aliphatic rings. The molecule has 1 aromatic carbocycles. The van der Waals surface area contributed by atoms with Crippen molar-refractivity contribution >= 4 is 34.8 Å². The van der Waals surface area contributed by atoms with Crippen molar-refractivity contribution < 1.29 is 4.79 Å². The van der Waals surface area contributed by atoms with Gasteiger partial charge in [0.2, 0.25) is 0 Å². The Hall–Kier alpha value is -3.17. The van der Waals surface area contributed by atoms with E-state index in [0.29, 0.717) is 22.3 Å². The molecule has 0 unspecified atom stereocenters. The second-order valence-corrected chi connectivity index (χ2v) is 7.68. The van der Waals surface area contributed by atoms with Crippen molar-refractivity contribution in [3.05, 3.63) is 53.3 Å². The molecule has 2 heterocycles. The molecule has 1 saturated carbocycles. The second-order valence-electron chi connectivity index (χ2n) is 7.27. The van der Waals surface area contributed by atoms with E-state index in [0.717, 1.165) is 31.4 Å². The van der Waals surface area contributed by atoms with E-state index in [-0.39, 0.29) is 17.6 Å². The van der Waals surface area contributed by atoms with E-state index in [1.165, 1.54) is 10.9 Å². The van der Waals surface area contributed by atoms with Gasteiger partial charge >= 0.3 is 0 Å². The Labute approximate surface area is 178 Å². The van der Waals surface area contributed by atoms with Gasteiger partial charge in [-0.15, -0.1) is 0 Å². The van der Waals surface area contributed by atoms with E-state index in [1.54, 1.807) is 12.4 Å². The molecule has 0 spiro atoms. The molecular formula is C20H23ClN8O. The molecule has 10 heteroatoms. The van der Waals surface area contributed by atoms with Crippen LogP contribution < -0.4 is 22.1 Å². The zero-order chi connectivity index (χ0) is 21.1. The largest absolute Gasteiger partial charge is 0.365 e. The lowest BCUT2D eigenvalue weighted by Gasteiger charge is -2.30. The van der Waals surface area contributed by atoms with E-state index in [2.05, 4.69) is 25.8 Å². The second kappa shape index (κ2) is 8.68. The van der Waals surface area contributed by atoms with Crippen molar-refractivity contribution in [1.29, 1.82) is 0 Å². The predicted octanol–water partition coefficient (Wildman–Crippen LogP) is 2.84. The van der Waals surface area contributed by atoms with Gasteiger partial charge < -0.3 is 22.1 Å². The van der Waals surface area contributed by atoms with Crippen LogP contribution in [-0.2, 0) is 0 Å². The number of pyridine rings is 1. The van der Waals surface area contributed by atoms with Crippen molar-refractivity contribution in [2.75, 3.05) is 10.6 Å². The standard InChI is InChI=1S/C20H23ClN8O/c21-15-11-14(18(23)30)19(28-20(15)27-17-7-2-1-6-16(17)22)26-12-4-3-5-13(10-12)29-24-8-9-25-29/h3-5,8-11,16-17H,1-2,6-7,22H2,(H2,23,30)(H2,26,27,28)/t16-,17+/m0/s1. The first-order chi connectivity index (χ1) is 14.5. The van der Waals surface area contributed by atoms with Crippen molar-refractivity contribution in [1.82, 2.24) is 20.0 Å². The van der Waals surface area contributed by atoms with E-state index in [1.807, 2.05) is 24.3 Å². The molecular weight excluding hydrogens is 404 g/mol. The van der Waals surface area contributed by atoms with E-state index < -0.39 is 5.91 Å². The molecule has 1 aliphatic carbocycles. The fourth-order valence-corrected chi connectivity index (χ4v) is 3.79. The number of carbonyl (C=O) groups is 1. The molecule has 2 atom stereocenters. The van der Waals surface area contributed by atoms with Crippen molar-refractivity contribution in [2.24, 2.45) is 11.5 Å². The van der Waals surface area contributed by atoms with Crippen molar-refractivity contribution in [3.8, 4) is 5.69 Å². The van der Waals surface area contributed by atoms with Crippen molar-refractivity contribution in [2.45, 2.75) is 37.8 Å². The van der Waals surface area contributed by atoms with Crippen LogP contribution in [0, 0.1) is 0 Å². The molecule has 6 N–H and O–H groups in total. The van der Waals surface area contributed by atoms with Gasteiger partial charge in [-0.2, -0.15) is 15.0 Å². The maximum absolute atomic E-state index is 12.0. The number of aromatic nitrogens is 4. The number of amides is 1. The lowest BCUT2D eigenvalue weighted by atomic mass is 9.91. The summed E-state index contributed by atoms with van der Waals surface area (Å²) in [5, 5.41) is 15.1. The van der Waals surface area contributed by atoms with Crippen molar-refractivity contribution in [3.63, 3.8) is 0 Å². The third kappa shape index (κ3) is 4.37. The maximum atomic E-state index is 12.0. The first-order valence-electron chi connectivity index (χ1n) is 9.77. The molecule has 2 aromatic heterocycles. The number of primary amides is 1. The summed E-state index contributed by atoms with van der Waals surface area (Å²) in [5.74, 6) is 0.151. The molecule has 0 saturated heterocycles. The highest BCUT2D eigenvalue weighted by Gasteiger charge is 2.24. The van der Waals surface area contributed by atoms with E-state index in [9.17, 15) is 4.79 Å². The first-order valence-corrected chi connectivity index (χ1v) is 10.2. The molecule has 3 aromatic rings. The summed E-state index contributed by atoms with van der Waals surface area (Å²) in [4.78, 5) is 18.0. The fraction of sp³-hybridized carbons (Fsp3) is 0.300. The quantitative estimate of drug-likeness (QED) is 0.475. The van der Waals surface area contributed by atoms with Crippen LogP contribution in [0.1, 0.15) is 36.0 Å². The molecule has 0 radical (unpaired) electrons. The summed E-state index contributed by atoms with van der Waals surface area (Å²) in [6.45, 7) is 0. The molecule has 30 heavy (non-hydrogen) atoms. The van der Waals surface area contributed by atoms with Crippen LogP contribution >= 0.6 is 11.6 Å². The van der Waals surface area contributed by atoms with E-state index >= 15 is 0 Å². The maximum Gasteiger partial charge on any atom is 0.252 e.